The van der Waals surface area contributed by atoms with Gasteiger partial charge in [-0.15, -0.1) is 24.0 Å². The molecule has 0 aromatic heterocycles. The highest BCUT2D eigenvalue weighted by Gasteiger charge is 2.10. The maximum absolute atomic E-state index is 6.08. The van der Waals surface area contributed by atoms with Crippen molar-refractivity contribution < 1.29 is 9.47 Å². The second kappa shape index (κ2) is 11.8. The lowest BCUT2D eigenvalue weighted by atomic mass is 10.2. The van der Waals surface area contributed by atoms with Crippen molar-refractivity contribution >= 4 is 41.5 Å². The first-order chi connectivity index (χ1) is 10.1. The van der Waals surface area contributed by atoms with E-state index >= 15 is 0 Å². The Labute approximate surface area is 154 Å². The van der Waals surface area contributed by atoms with Crippen LogP contribution in [0.4, 0.5) is 0 Å². The molecule has 0 heterocycles. The van der Waals surface area contributed by atoms with Crippen LogP contribution in [-0.4, -0.2) is 38.4 Å². The van der Waals surface area contributed by atoms with Gasteiger partial charge in [-0.2, -0.15) is 0 Å². The lowest BCUT2D eigenvalue weighted by molar-refractivity contribution is 0.179. The molecule has 0 bridgehead atoms. The Kier molecular flexibility index (Phi) is 11.4. The number of ether oxygens (including phenoxy) is 2. The van der Waals surface area contributed by atoms with Crippen LogP contribution in [0, 0.1) is 0 Å². The van der Waals surface area contributed by atoms with Gasteiger partial charge in [0.05, 0.1) is 18.2 Å². The van der Waals surface area contributed by atoms with Crippen molar-refractivity contribution in [3.05, 3.63) is 29.3 Å². The zero-order valence-electron chi connectivity index (χ0n) is 13.2. The Hall–Kier alpha value is -0.730. The molecule has 3 N–H and O–H groups in total. The van der Waals surface area contributed by atoms with Crippen molar-refractivity contribution in [2.45, 2.75) is 32.4 Å². The second-order valence-corrected chi connectivity index (χ2v) is 5.21. The average Bonchev–Trinajstić information content (AvgIpc) is 2.45. The molecular formula is C15H25ClIN3O2. The van der Waals surface area contributed by atoms with Crippen LogP contribution >= 0.6 is 35.6 Å². The normalized spacial score (nSPS) is 13.9. The van der Waals surface area contributed by atoms with Gasteiger partial charge in [0.25, 0.3) is 0 Å². The molecule has 5 nitrogen and oxygen atoms in total. The van der Waals surface area contributed by atoms with E-state index in [1.165, 1.54) is 0 Å². The topological polar surface area (TPSA) is 68.9 Å². The molecule has 22 heavy (non-hydrogen) atoms. The molecule has 1 aromatic carbocycles. The first kappa shape index (κ1) is 21.3. The van der Waals surface area contributed by atoms with Crippen LogP contribution in [0.2, 0.25) is 5.02 Å². The van der Waals surface area contributed by atoms with E-state index in [2.05, 4.69) is 10.3 Å². The number of aliphatic imine (C=N–C) groups is 1. The van der Waals surface area contributed by atoms with Crippen molar-refractivity contribution in [3.63, 3.8) is 0 Å². The molecule has 0 saturated carbocycles. The summed E-state index contributed by atoms with van der Waals surface area (Å²) in [5.41, 5.74) is 5.83. The molecule has 2 unspecified atom stereocenters. The Morgan fingerprint density at radius 2 is 2.09 bits per heavy atom. The van der Waals surface area contributed by atoms with Gasteiger partial charge >= 0.3 is 0 Å². The summed E-state index contributed by atoms with van der Waals surface area (Å²) < 4.78 is 10.9. The van der Waals surface area contributed by atoms with E-state index in [4.69, 9.17) is 26.8 Å². The molecule has 0 aliphatic heterocycles. The van der Waals surface area contributed by atoms with Gasteiger partial charge < -0.3 is 20.5 Å². The molecule has 2 atom stereocenters. The lowest BCUT2D eigenvalue weighted by Gasteiger charge is -2.18. The first-order valence-corrected chi connectivity index (χ1v) is 7.41. The predicted molar refractivity (Wildman–Crippen MR) is 103 cm³/mol. The molecule has 1 aromatic rings. The number of hydrogen-bond acceptors (Lipinski definition) is 3. The minimum atomic E-state index is -0.0667. The fourth-order valence-corrected chi connectivity index (χ4v) is 1.94. The minimum absolute atomic E-state index is 0. The summed E-state index contributed by atoms with van der Waals surface area (Å²) in [5, 5.41) is 3.65. The molecule has 0 aliphatic rings. The number of hydrogen-bond donors (Lipinski definition) is 2. The van der Waals surface area contributed by atoms with Crippen LogP contribution in [0.3, 0.4) is 0 Å². The third-order valence-corrected chi connectivity index (χ3v) is 3.17. The van der Waals surface area contributed by atoms with E-state index in [1.807, 2.05) is 32.0 Å². The molecule has 1 rings (SSSR count). The van der Waals surface area contributed by atoms with Gasteiger partial charge in [-0.1, -0.05) is 30.7 Å². The Morgan fingerprint density at radius 1 is 1.41 bits per heavy atom. The number of nitrogens with zero attached hydrogens (tertiary/aromatic N) is 1. The van der Waals surface area contributed by atoms with E-state index in [0.717, 1.165) is 6.42 Å². The number of halogens is 2. The zero-order valence-corrected chi connectivity index (χ0v) is 16.3. The summed E-state index contributed by atoms with van der Waals surface area (Å²) >= 11 is 6.08. The van der Waals surface area contributed by atoms with Gasteiger partial charge in [0.2, 0.25) is 0 Å². The maximum atomic E-state index is 6.08. The fourth-order valence-electron chi connectivity index (χ4n) is 1.76. The van der Waals surface area contributed by atoms with Gasteiger partial charge in [-0.05, 0) is 25.5 Å². The third-order valence-electron chi connectivity index (χ3n) is 2.86. The summed E-state index contributed by atoms with van der Waals surface area (Å²) in [6.45, 7) is 5.06. The molecular weight excluding hydrogens is 417 g/mol. The van der Waals surface area contributed by atoms with Gasteiger partial charge in [0, 0.05) is 13.2 Å². The van der Waals surface area contributed by atoms with Crippen molar-refractivity contribution in [1.29, 1.82) is 0 Å². The fraction of sp³-hybridized carbons (Fsp3) is 0.533. The monoisotopic (exact) mass is 441 g/mol. The SMILES string of the molecule is CCC(CN=C(N)NC(C)COC)Oc1ccccc1Cl.I. The molecule has 0 aliphatic carbocycles. The van der Waals surface area contributed by atoms with Crippen LogP contribution in [0.1, 0.15) is 20.3 Å². The van der Waals surface area contributed by atoms with Crippen LogP contribution < -0.4 is 15.8 Å². The average molecular weight is 442 g/mol. The third kappa shape index (κ3) is 8.05. The smallest absolute Gasteiger partial charge is 0.189 e. The Morgan fingerprint density at radius 3 is 2.68 bits per heavy atom. The molecule has 0 saturated heterocycles. The number of nitrogens with two attached hydrogens (primary N) is 1. The summed E-state index contributed by atoms with van der Waals surface area (Å²) in [5.74, 6) is 1.06. The molecule has 0 amide bonds. The van der Waals surface area contributed by atoms with Crippen LogP contribution in [0.5, 0.6) is 5.75 Å². The van der Waals surface area contributed by atoms with Crippen molar-refractivity contribution in [1.82, 2.24) is 5.32 Å². The van der Waals surface area contributed by atoms with Crippen molar-refractivity contribution in [3.8, 4) is 5.75 Å². The number of nitrogens with one attached hydrogen (secondary N) is 1. The summed E-state index contributed by atoms with van der Waals surface area (Å²) in [4.78, 5) is 4.30. The molecule has 0 radical (unpaired) electrons. The number of methoxy groups -OCH3 is 1. The van der Waals surface area contributed by atoms with E-state index in [-0.39, 0.29) is 36.1 Å². The van der Waals surface area contributed by atoms with Crippen molar-refractivity contribution in [2.75, 3.05) is 20.3 Å². The quantitative estimate of drug-likeness (QED) is 0.370. The largest absolute Gasteiger partial charge is 0.487 e. The van der Waals surface area contributed by atoms with E-state index < -0.39 is 0 Å². The number of guanidine groups is 1. The molecule has 0 fully saturated rings. The second-order valence-electron chi connectivity index (χ2n) is 4.81. The van der Waals surface area contributed by atoms with Crippen LogP contribution in [0.15, 0.2) is 29.3 Å². The van der Waals surface area contributed by atoms with E-state index in [9.17, 15) is 0 Å². The number of benzene rings is 1. The van der Waals surface area contributed by atoms with Crippen LogP contribution in [-0.2, 0) is 4.74 Å². The first-order valence-electron chi connectivity index (χ1n) is 7.03. The summed E-state index contributed by atoms with van der Waals surface area (Å²) in [6, 6.07) is 7.52. The van der Waals surface area contributed by atoms with Crippen molar-refractivity contribution in [2.24, 2.45) is 10.7 Å². The minimum Gasteiger partial charge on any atom is -0.487 e. The standard InChI is InChI=1S/C15H24ClN3O2.HI/c1-4-12(21-14-8-6-5-7-13(14)16)9-18-15(17)19-11(2)10-20-3;/h5-8,11-12H,4,9-10H2,1-3H3,(H3,17,18,19);1H. The highest BCUT2D eigenvalue weighted by atomic mass is 127. The number of para-hydroxylation sites is 1. The maximum Gasteiger partial charge on any atom is 0.189 e. The van der Waals surface area contributed by atoms with Crippen LogP contribution in [0.25, 0.3) is 0 Å². The molecule has 126 valence electrons. The highest BCUT2D eigenvalue weighted by Crippen LogP contribution is 2.24. The predicted octanol–water partition coefficient (Wildman–Crippen LogP) is 3.05. The van der Waals surface area contributed by atoms with Gasteiger partial charge in [0.15, 0.2) is 5.96 Å². The number of rotatable bonds is 8. The molecule has 7 heteroatoms. The van der Waals surface area contributed by atoms with E-state index in [0.29, 0.717) is 29.9 Å². The molecule has 0 spiro atoms. The van der Waals surface area contributed by atoms with Gasteiger partial charge in [0.1, 0.15) is 11.9 Å². The van der Waals surface area contributed by atoms with Gasteiger partial charge in [-0.25, -0.2) is 4.99 Å². The highest BCUT2D eigenvalue weighted by molar-refractivity contribution is 14.0. The Bertz CT molecular complexity index is 460. The van der Waals surface area contributed by atoms with Gasteiger partial charge in [-0.3, -0.25) is 0 Å². The lowest BCUT2D eigenvalue weighted by Crippen LogP contribution is -2.41. The summed E-state index contributed by atoms with van der Waals surface area (Å²) in [7, 11) is 1.65. The Balaban J connectivity index is 0.00000441. The van der Waals surface area contributed by atoms with E-state index in [1.54, 1.807) is 13.2 Å². The summed E-state index contributed by atoms with van der Waals surface area (Å²) in [6.07, 6.45) is 0.748. The zero-order chi connectivity index (χ0) is 15.7.